The number of halogens is 1. The quantitative estimate of drug-likeness (QED) is 0.873. The van der Waals surface area contributed by atoms with Crippen molar-refractivity contribution in [2.45, 2.75) is 19.3 Å². The molecule has 1 aliphatic rings. The number of aryl methyl sites for hydroxylation is 1. The van der Waals surface area contributed by atoms with Crippen molar-refractivity contribution in [3.63, 3.8) is 0 Å². The molecule has 3 nitrogen and oxygen atoms in total. The molecular formula is C15H19FN2O. The van der Waals surface area contributed by atoms with Gasteiger partial charge in [-0.2, -0.15) is 0 Å². The highest BCUT2D eigenvalue weighted by Crippen LogP contribution is 2.32. The van der Waals surface area contributed by atoms with E-state index in [1.54, 1.807) is 0 Å². The molecule has 1 saturated heterocycles. The van der Waals surface area contributed by atoms with E-state index < -0.39 is 5.82 Å². The molecule has 2 N–H and O–H groups in total. The van der Waals surface area contributed by atoms with Gasteiger partial charge >= 0.3 is 0 Å². The fourth-order valence-corrected chi connectivity index (χ4v) is 3.12. The maximum Gasteiger partial charge on any atom is 0.129 e. The van der Waals surface area contributed by atoms with E-state index in [0.29, 0.717) is 5.92 Å². The summed E-state index contributed by atoms with van der Waals surface area (Å²) in [5.74, 6) is 0.259. The molecule has 102 valence electrons. The zero-order valence-electron chi connectivity index (χ0n) is 11.1. The molecule has 1 fully saturated rings. The Bertz CT molecular complexity index is 600. The molecule has 3 rings (SSSR count). The molecule has 0 unspecified atom stereocenters. The molecule has 1 atom stereocenters. The van der Waals surface area contributed by atoms with Gasteiger partial charge in [-0.25, -0.2) is 4.39 Å². The zero-order valence-corrected chi connectivity index (χ0v) is 11.1. The average molecular weight is 262 g/mol. The van der Waals surface area contributed by atoms with Gasteiger partial charge in [0.25, 0.3) is 0 Å². The Labute approximate surface area is 112 Å². The summed E-state index contributed by atoms with van der Waals surface area (Å²) in [7, 11) is 1.89. The summed E-state index contributed by atoms with van der Waals surface area (Å²) in [5, 5.41) is 14.2. The van der Waals surface area contributed by atoms with Gasteiger partial charge in [-0.1, -0.05) is 0 Å². The topological polar surface area (TPSA) is 37.2 Å². The Morgan fingerprint density at radius 3 is 3.05 bits per heavy atom. The van der Waals surface area contributed by atoms with Gasteiger partial charge in [-0.15, -0.1) is 0 Å². The van der Waals surface area contributed by atoms with Crippen LogP contribution >= 0.6 is 0 Å². The van der Waals surface area contributed by atoms with E-state index in [2.05, 4.69) is 5.32 Å². The third-order valence-corrected chi connectivity index (χ3v) is 4.02. The molecule has 4 heteroatoms. The Balaban J connectivity index is 1.99. The van der Waals surface area contributed by atoms with E-state index in [1.807, 2.05) is 17.8 Å². The van der Waals surface area contributed by atoms with Gasteiger partial charge in [0.05, 0.1) is 5.52 Å². The Hall–Kier alpha value is -1.55. The lowest BCUT2D eigenvalue weighted by Crippen LogP contribution is -2.30. The number of hydrogen-bond donors (Lipinski definition) is 2. The number of piperidine rings is 1. The lowest BCUT2D eigenvalue weighted by Gasteiger charge is -2.22. The number of hydrogen-bond acceptors (Lipinski definition) is 2. The van der Waals surface area contributed by atoms with Crippen LogP contribution in [0.4, 0.5) is 4.39 Å². The molecule has 0 radical (unpaired) electrons. The predicted octanol–water partition coefficient (Wildman–Crippen LogP) is 2.57. The Morgan fingerprint density at radius 2 is 2.32 bits per heavy atom. The summed E-state index contributed by atoms with van der Waals surface area (Å²) in [6.07, 6.45) is 5.36. The van der Waals surface area contributed by atoms with Crippen LogP contribution in [0.15, 0.2) is 18.3 Å². The number of nitrogens with one attached hydrogen (secondary N) is 1. The smallest absolute Gasteiger partial charge is 0.129 e. The van der Waals surface area contributed by atoms with Crippen LogP contribution in [0.5, 0.6) is 5.75 Å². The van der Waals surface area contributed by atoms with Gasteiger partial charge in [0, 0.05) is 24.7 Å². The van der Waals surface area contributed by atoms with Crippen LogP contribution in [0, 0.1) is 11.7 Å². The highest BCUT2D eigenvalue weighted by Gasteiger charge is 2.18. The van der Waals surface area contributed by atoms with Gasteiger partial charge in [-0.3, -0.25) is 0 Å². The summed E-state index contributed by atoms with van der Waals surface area (Å²) in [6.45, 7) is 2.13. The second-order valence-corrected chi connectivity index (χ2v) is 5.50. The minimum atomic E-state index is -0.392. The van der Waals surface area contributed by atoms with E-state index in [0.717, 1.165) is 36.0 Å². The van der Waals surface area contributed by atoms with Crippen molar-refractivity contribution in [1.82, 2.24) is 9.88 Å². The second kappa shape index (κ2) is 4.85. The largest absolute Gasteiger partial charge is 0.507 e. The molecule has 1 aromatic carbocycles. The highest BCUT2D eigenvalue weighted by molar-refractivity contribution is 5.89. The molecule has 1 aliphatic heterocycles. The SMILES string of the molecule is Cn1cc(C[C@@H]2CCCNC2)c2c(O)cc(F)cc21. The molecule has 19 heavy (non-hydrogen) atoms. The summed E-state index contributed by atoms with van der Waals surface area (Å²) in [4.78, 5) is 0. The number of phenols is 1. The third-order valence-electron chi connectivity index (χ3n) is 4.02. The predicted molar refractivity (Wildman–Crippen MR) is 73.8 cm³/mol. The number of benzene rings is 1. The van der Waals surface area contributed by atoms with Crippen molar-refractivity contribution in [2.24, 2.45) is 13.0 Å². The average Bonchev–Trinajstić information content (AvgIpc) is 2.67. The van der Waals surface area contributed by atoms with Crippen molar-refractivity contribution in [1.29, 1.82) is 0 Å². The number of aromatic nitrogens is 1. The van der Waals surface area contributed by atoms with Gasteiger partial charge in [-0.05, 0) is 49.9 Å². The first-order valence-corrected chi connectivity index (χ1v) is 6.82. The van der Waals surface area contributed by atoms with Crippen LogP contribution in [-0.4, -0.2) is 22.8 Å². The number of aromatic hydroxyl groups is 1. The maximum absolute atomic E-state index is 13.4. The second-order valence-electron chi connectivity index (χ2n) is 5.50. The molecule has 0 saturated carbocycles. The van der Waals surface area contributed by atoms with E-state index in [4.69, 9.17) is 0 Å². The molecule has 2 heterocycles. The molecular weight excluding hydrogens is 243 g/mol. The maximum atomic E-state index is 13.4. The van der Waals surface area contributed by atoms with E-state index in [9.17, 15) is 9.50 Å². The van der Waals surface area contributed by atoms with Crippen molar-refractivity contribution in [2.75, 3.05) is 13.1 Å². The van der Waals surface area contributed by atoms with Gasteiger partial charge in [0.1, 0.15) is 11.6 Å². The third kappa shape index (κ3) is 2.32. The lowest BCUT2D eigenvalue weighted by molar-refractivity contribution is 0.376. The van der Waals surface area contributed by atoms with Crippen LogP contribution in [-0.2, 0) is 13.5 Å². The lowest BCUT2D eigenvalue weighted by atomic mass is 9.92. The molecule has 0 bridgehead atoms. The fourth-order valence-electron chi connectivity index (χ4n) is 3.12. The summed E-state index contributed by atoms with van der Waals surface area (Å²) in [6, 6.07) is 2.68. The molecule has 0 spiro atoms. The Kier molecular flexibility index (Phi) is 3.19. The monoisotopic (exact) mass is 262 g/mol. The van der Waals surface area contributed by atoms with Crippen LogP contribution < -0.4 is 5.32 Å². The van der Waals surface area contributed by atoms with E-state index in [-0.39, 0.29) is 5.75 Å². The van der Waals surface area contributed by atoms with Gasteiger partial charge < -0.3 is 15.0 Å². The van der Waals surface area contributed by atoms with Crippen LogP contribution in [0.1, 0.15) is 18.4 Å². The van der Waals surface area contributed by atoms with Crippen molar-refractivity contribution in [3.05, 3.63) is 29.7 Å². The minimum absolute atomic E-state index is 0.0503. The summed E-state index contributed by atoms with van der Waals surface area (Å²) < 4.78 is 15.3. The van der Waals surface area contributed by atoms with Crippen molar-refractivity contribution in [3.8, 4) is 5.75 Å². The Morgan fingerprint density at radius 1 is 1.47 bits per heavy atom. The normalized spacial score (nSPS) is 20.0. The first kappa shape index (κ1) is 12.5. The van der Waals surface area contributed by atoms with E-state index in [1.165, 1.54) is 25.0 Å². The first-order chi connectivity index (χ1) is 9.15. The van der Waals surface area contributed by atoms with Crippen molar-refractivity contribution < 1.29 is 9.50 Å². The van der Waals surface area contributed by atoms with Crippen molar-refractivity contribution >= 4 is 10.9 Å². The summed E-state index contributed by atoms with van der Waals surface area (Å²) in [5.41, 5.74) is 1.87. The van der Waals surface area contributed by atoms with Crippen LogP contribution in [0.3, 0.4) is 0 Å². The number of phenolic OH excluding ortho intramolecular Hbond substituents is 1. The summed E-state index contributed by atoms with van der Waals surface area (Å²) >= 11 is 0. The molecule has 2 aromatic rings. The molecule has 0 amide bonds. The molecule has 1 aromatic heterocycles. The number of rotatable bonds is 2. The number of nitrogens with zero attached hydrogens (tertiary/aromatic N) is 1. The van der Waals surface area contributed by atoms with Crippen LogP contribution in [0.2, 0.25) is 0 Å². The minimum Gasteiger partial charge on any atom is -0.507 e. The standard InChI is InChI=1S/C15H19FN2O/c1-18-9-11(5-10-3-2-4-17-8-10)15-13(18)6-12(16)7-14(15)19/h6-7,9-10,17,19H,2-5,8H2,1H3/t10-/m0/s1. The fraction of sp³-hybridized carbons (Fsp3) is 0.467. The molecule has 0 aliphatic carbocycles. The number of fused-ring (bicyclic) bond motifs is 1. The zero-order chi connectivity index (χ0) is 13.4. The van der Waals surface area contributed by atoms with E-state index >= 15 is 0 Å². The first-order valence-electron chi connectivity index (χ1n) is 6.82. The van der Waals surface area contributed by atoms with Gasteiger partial charge in [0.2, 0.25) is 0 Å². The van der Waals surface area contributed by atoms with Gasteiger partial charge in [0.15, 0.2) is 0 Å². The van der Waals surface area contributed by atoms with Crippen LogP contribution in [0.25, 0.3) is 10.9 Å². The highest BCUT2D eigenvalue weighted by atomic mass is 19.1.